The lowest BCUT2D eigenvalue weighted by Gasteiger charge is -2.25. The Labute approximate surface area is 632 Å². The summed E-state index contributed by atoms with van der Waals surface area (Å²) in [6, 6.07) is 77.6. The lowest BCUT2D eigenvalue weighted by Crippen LogP contribution is -2.23. The van der Waals surface area contributed by atoms with Gasteiger partial charge >= 0.3 is 0 Å². The second-order valence-electron chi connectivity index (χ2n) is 25.7. The molecule has 13 aromatic rings. The summed E-state index contributed by atoms with van der Waals surface area (Å²) in [7, 11) is 8.01. The van der Waals surface area contributed by atoms with Crippen molar-refractivity contribution in [2.75, 3.05) is 43.6 Å². The number of fused-ring (bicyclic) bond motifs is 12. The first-order valence-corrected chi connectivity index (χ1v) is 39.4. The molecule has 0 saturated heterocycles. The lowest BCUT2D eigenvalue weighted by atomic mass is 9.65. The third kappa shape index (κ3) is 16.4. The van der Waals surface area contributed by atoms with Gasteiger partial charge in [-0.3, -0.25) is 0 Å². The zero-order chi connectivity index (χ0) is 71.9. The minimum atomic E-state index is -0.188. The number of methoxy groups -OCH3 is 1. The number of halogens is 1. The van der Waals surface area contributed by atoms with E-state index in [-0.39, 0.29) is 5.82 Å². The van der Waals surface area contributed by atoms with Crippen molar-refractivity contribution in [2.24, 2.45) is 0 Å². The van der Waals surface area contributed by atoms with Crippen molar-refractivity contribution >= 4 is 158 Å². The van der Waals surface area contributed by atoms with E-state index >= 15 is 0 Å². The molecule has 2 aromatic heterocycles. The van der Waals surface area contributed by atoms with Gasteiger partial charge in [0, 0.05) is 72.1 Å². The molecular formula is C93H86B2FN3OS4. The fourth-order valence-electron chi connectivity index (χ4n) is 14.0. The standard InChI is InChI=1S/C38H36N2S2.C34H29NS2.C13H11BF.C8H10BO/c1-5-40(6-2)36-28(19-23-34-25(3)30-21-17-26-11-7-9-13-31(26)37(30)41-34)15-16-29(36)20-24-35-39(4)33-22-18-27-12-8-10-14-32(27)38(33)42-35;1-3-26-29(36-30-22-20-24-14-10-12-16-27(24)33(26)30)18-8-6-5-7-9-19-32-35(4-2)34-28-17-13-11-15-25(28)21-23-31(34)37-32;15-13-8-6-12(7-9-13)14-10-11-4-2-1-3-5-11;1-9-7-3-5-8(10-2)6-4-7/h7-14,17-24H,5-6,15-16H2,1-4H3;5-23H,3-4H2,1-2H3;1-9H,10H2;3-6H,1-2H3/b23-19+,29-20?,35-24-;6-5+,9-7+,18-8+,32-19-;;. The summed E-state index contributed by atoms with van der Waals surface area (Å²) in [4.78, 5) is 12.7. The van der Waals surface area contributed by atoms with Gasteiger partial charge < -0.3 is 19.4 Å². The average Bonchev–Trinajstić information content (AvgIpc) is 1.64. The minimum absolute atomic E-state index is 0.188. The molecule has 4 heterocycles. The molecule has 104 heavy (non-hydrogen) atoms. The highest BCUT2D eigenvalue weighted by molar-refractivity contribution is 8.04. The summed E-state index contributed by atoms with van der Waals surface area (Å²) >= 11 is 7.56. The Hall–Kier alpha value is -9.74. The van der Waals surface area contributed by atoms with Crippen LogP contribution in [-0.2, 0) is 12.7 Å². The van der Waals surface area contributed by atoms with Crippen LogP contribution in [0.4, 0.5) is 15.8 Å². The van der Waals surface area contributed by atoms with Crippen LogP contribution in [0.2, 0.25) is 6.82 Å². The predicted molar refractivity (Wildman–Crippen MR) is 460 cm³/mol. The molecule has 0 atom stereocenters. The molecule has 0 amide bonds. The van der Waals surface area contributed by atoms with Crippen molar-refractivity contribution < 1.29 is 9.13 Å². The number of hydrogen-bond acceptors (Lipinski definition) is 8. The van der Waals surface area contributed by atoms with Crippen molar-refractivity contribution in [1.82, 2.24) is 4.90 Å². The second-order valence-corrected chi connectivity index (χ2v) is 29.9. The van der Waals surface area contributed by atoms with Gasteiger partial charge in [0.25, 0.3) is 0 Å². The quantitative estimate of drug-likeness (QED) is 0.0664. The van der Waals surface area contributed by atoms with Crippen LogP contribution in [0, 0.1) is 12.7 Å². The van der Waals surface area contributed by atoms with Gasteiger partial charge in [-0.2, -0.15) is 0 Å². The summed E-state index contributed by atoms with van der Waals surface area (Å²) in [5.41, 5.74) is 13.3. The van der Waals surface area contributed by atoms with E-state index in [0.29, 0.717) is 0 Å². The smallest absolute Gasteiger partial charge is 0.156 e. The number of ether oxygens (including phenoxy) is 1. The molecule has 2 aliphatic heterocycles. The van der Waals surface area contributed by atoms with Crippen LogP contribution in [0.15, 0.2) is 316 Å². The second kappa shape index (κ2) is 34.7. The van der Waals surface area contributed by atoms with Crippen LogP contribution in [0.3, 0.4) is 0 Å². The molecule has 0 bridgehead atoms. The summed E-state index contributed by atoms with van der Waals surface area (Å²) < 4.78 is 20.4. The van der Waals surface area contributed by atoms with Gasteiger partial charge in [-0.05, 0) is 185 Å². The molecule has 0 N–H and O–H groups in total. The number of allylic oxidation sites excluding steroid dienone is 11. The zero-order valence-corrected chi connectivity index (χ0v) is 63.8. The van der Waals surface area contributed by atoms with E-state index in [1.165, 1.54) is 155 Å². The Morgan fingerprint density at radius 3 is 1.88 bits per heavy atom. The topological polar surface area (TPSA) is 19.0 Å². The summed E-state index contributed by atoms with van der Waals surface area (Å²) in [6.45, 7) is 16.3. The minimum Gasteiger partial charge on any atom is -0.497 e. The molecule has 11 heteroatoms. The van der Waals surface area contributed by atoms with Crippen LogP contribution in [0.25, 0.3) is 75.4 Å². The third-order valence-electron chi connectivity index (χ3n) is 19.5. The first-order valence-electron chi connectivity index (χ1n) is 36.2. The number of likely N-dealkylation sites (N-methyl/N-ethyl adjacent to an activating group) is 1. The number of nitrogens with zero attached hydrogens (tertiary/aromatic N) is 3. The number of rotatable bonds is 17. The van der Waals surface area contributed by atoms with E-state index in [9.17, 15) is 4.39 Å². The molecule has 0 fully saturated rings. The van der Waals surface area contributed by atoms with Crippen LogP contribution in [-0.4, -0.2) is 53.3 Å². The highest BCUT2D eigenvalue weighted by Gasteiger charge is 2.28. The molecule has 4 nitrogen and oxygen atoms in total. The Bertz CT molecular complexity index is 5440. The SMILES string of the molecule is CCN(CC)C1=C(/C=C/c2sc3c(ccc4ccccc43)c2C)CCC1=C/C=C1\Sc2c(ccc3ccccc23)N1C.CCc1c(/C=C/C=C/C=C/C=C2\Sc3ccc4ccccc4c3N2CC)sc2ccc3ccccc3c12.C[B]c1ccc(OC)cc1.Fc1ccc([B]Cc2ccccc2)cc1. The van der Waals surface area contributed by atoms with Gasteiger partial charge in [-0.25, -0.2) is 4.39 Å². The van der Waals surface area contributed by atoms with Crippen molar-refractivity contribution in [2.45, 2.75) is 76.8 Å². The average molecular weight is 1430 g/mol. The van der Waals surface area contributed by atoms with E-state index in [4.69, 9.17) is 4.74 Å². The Balaban J connectivity index is 0.000000140. The van der Waals surface area contributed by atoms with Gasteiger partial charge in [-0.1, -0.05) is 278 Å². The number of thioether (sulfide) groups is 2. The summed E-state index contributed by atoms with van der Waals surface area (Å²) in [6.07, 6.45) is 28.7. The van der Waals surface area contributed by atoms with Gasteiger partial charge in [0.05, 0.1) is 28.5 Å². The fraction of sp³-hybridized carbons (Fsp3) is 0.161. The first kappa shape index (κ1) is 72.6. The molecule has 0 saturated carbocycles. The van der Waals surface area contributed by atoms with Crippen molar-refractivity contribution in [3.8, 4) is 5.75 Å². The highest BCUT2D eigenvalue weighted by Crippen LogP contribution is 2.51. The fourth-order valence-corrected chi connectivity index (χ4v) is 18.8. The highest BCUT2D eigenvalue weighted by atomic mass is 32.2. The number of anilines is 2. The Morgan fingerprint density at radius 1 is 0.538 bits per heavy atom. The van der Waals surface area contributed by atoms with Crippen LogP contribution in [0.5, 0.6) is 5.75 Å². The van der Waals surface area contributed by atoms with Gasteiger partial charge in [0.1, 0.15) is 18.8 Å². The van der Waals surface area contributed by atoms with E-state index in [1.807, 2.05) is 95.5 Å². The third-order valence-corrected chi connectivity index (χ3v) is 24.3. The molecule has 11 aromatic carbocycles. The van der Waals surface area contributed by atoms with E-state index in [1.54, 1.807) is 19.2 Å². The molecular weight excluding hydrogens is 1340 g/mol. The van der Waals surface area contributed by atoms with Crippen LogP contribution in [0.1, 0.15) is 67.0 Å². The molecule has 3 aliphatic rings. The Morgan fingerprint density at radius 2 is 1.16 bits per heavy atom. The van der Waals surface area contributed by atoms with Crippen molar-refractivity contribution in [3.63, 3.8) is 0 Å². The summed E-state index contributed by atoms with van der Waals surface area (Å²) in [5, 5.41) is 16.0. The first-order chi connectivity index (χ1) is 51.1. The number of aryl methyl sites for hydroxylation is 2. The predicted octanol–water partition coefficient (Wildman–Crippen LogP) is 24.7. The maximum Gasteiger partial charge on any atom is 0.156 e. The van der Waals surface area contributed by atoms with Gasteiger partial charge in [0.15, 0.2) is 7.28 Å². The van der Waals surface area contributed by atoms with E-state index in [0.717, 1.165) is 56.4 Å². The normalized spacial score (nSPS) is 14.6. The lowest BCUT2D eigenvalue weighted by molar-refractivity contribution is 0.389. The van der Waals surface area contributed by atoms with Crippen LogP contribution < -0.4 is 25.5 Å². The van der Waals surface area contributed by atoms with Crippen LogP contribution >= 0.6 is 46.2 Å². The molecule has 2 radical (unpaired) electrons. The molecule has 16 rings (SSSR count). The van der Waals surface area contributed by atoms with Gasteiger partial charge in [0.2, 0.25) is 0 Å². The van der Waals surface area contributed by atoms with E-state index < -0.39 is 0 Å². The Kier molecular flexibility index (Phi) is 24.2. The number of thiophene rings is 2. The molecule has 516 valence electrons. The zero-order valence-electron chi connectivity index (χ0n) is 60.6. The summed E-state index contributed by atoms with van der Waals surface area (Å²) in [5.74, 6) is 0.720. The molecule has 0 unspecified atom stereocenters. The largest absolute Gasteiger partial charge is 0.497 e. The number of benzene rings is 11. The van der Waals surface area contributed by atoms with E-state index in [2.05, 4.69) is 295 Å². The molecule has 1 aliphatic carbocycles. The molecule has 0 spiro atoms. The van der Waals surface area contributed by atoms with Gasteiger partial charge in [-0.15, -0.1) is 22.7 Å². The maximum atomic E-state index is 12.6. The maximum absolute atomic E-state index is 12.6. The van der Waals surface area contributed by atoms with Crippen molar-refractivity contribution in [1.29, 1.82) is 0 Å². The van der Waals surface area contributed by atoms with Crippen molar-refractivity contribution in [3.05, 3.63) is 338 Å². The number of hydrogen-bond donors (Lipinski definition) is 0. The monoisotopic (exact) mass is 1430 g/mol.